The van der Waals surface area contributed by atoms with Gasteiger partial charge >= 0.3 is 6.85 Å². The molecule has 0 radical (unpaired) electrons. The molecule has 0 atom stereocenters. The Kier molecular flexibility index (Phi) is 5.66. The average Bonchev–Trinajstić information content (AvgIpc) is 3.59. The molecule has 3 nitrogen and oxygen atoms in total. The van der Waals surface area contributed by atoms with Crippen LogP contribution in [-0.2, 0) is 5.41 Å². The number of fused-ring (bicyclic) bond motifs is 11. The Morgan fingerprint density at radius 3 is 2.08 bits per heavy atom. The van der Waals surface area contributed by atoms with Crippen molar-refractivity contribution < 1.29 is 4.42 Å². The molecule has 0 bridgehead atoms. The summed E-state index contributed by atoms with van der Waals surface area (Å²) in [4.78, 5) is 5.16. The van der Waals surface area contributed by atoms with Crippen molar-refractivity contribution in [1.82, 2.24) is 0 Å². The first-order valence-corrected chi connectivity index (χ1v) is 18.6. The van der Waals surface area contributed by atoms with Crippen molar-refractivity contribution in [3.63, 3.8) is 0 Å². The standard InChI is InChI=1S/C49H33BN2O/c1-49(2)39-18-9-10-21-42(39)51-46-40(49)19-12-20-41(46)50-45-37(29-38-35-17-8-11-22-44(35)53-48(38)47(45)51)36-27-32-15-6-7-16-33(32)28-43(36)52(50)34-25-23-31(24-26-34)30-13-4-3-5-14-30/h3-29H,1-2H3. The van der Waals surface area contributed by atoms with Gasteiger partial charge in [-0.15, -0.1) is 0 Å². The van der Waals surface area contributed by atoms with Crippen molar-refractivity contribution >= 4 is 78.9 Å². The molecule has 4 heteroatoms. The second-order valence-corrected chi connectivity index (χ2v) is 15.3. The molecular weight excluding hydrogens is 643 g/mol. The topological polar surface area (TPSA) is 19.6 Å². The molecule has 248 valence electrons. The summed E-state index contributed by atoms with van der Waals surface area (Å²) in [5.41, 5.74) is 17.8. The minimum Gasteiger partial charge on any atom is -0.454 e. The summed E-state index contributed by atoms with van der Waals surface area (Å²) in [6, 6.07) is 60.3. The van der Waals surface area contributed by atoms with Crippen molar-refractivity contribution in [2.75, 3.05) is 9.71 Å². The van der Waals surface area contributed by atoms with Gasteiger partial charge in [0.15, 0.2) is 5.58 Å². The van der Waals surface area contributed by atoms with Crippen LogP contribution in [0.2, 0.25) is 0 Å². The van der Waals surface area contributed by atoms with Gasteiger partial charge in [-0.05, 0) is 92.0 Å². The maximum Gasteiger partial charge on any atom is 0.333 e. The van der Waals surface area contributed by atoms with E-state index in [9.17, 15) is 0 Å². The lowest BCUT2D eigenvalue weighted by Crippen LogP contribution is -2.62. The third-order valence-corrected chi connectivity index (χ3v) is 12.2. The van der Waals surface area contributed by atoms with Crippen LogP contribution in [0.25, 0.3) is 55.0 Å². The number of rotatable bonds is 2. The zero-order valence-corrected chi connectivity index (χ0v) is 29.5. The molecule has 0 unspecified atom stereocenters. The largest absolute Gasteiger partial charge is 0.454 e. The maximum atomic E-state index is 7.00. The van der Waals surface area contributed by atoms with E-state index >= 15 is 0 Å². The maximum absolute atomic E-state index is 7.00. The molecule has 8 aromatic carbocycles. The van der Waals surface area contributed by atoms with Crippen molar-refractivity contribution in [1.29, 1.82) is 0 Å². The van der Waals surface area contributed by atoms with Crippen LogP contribution in [0.5, 0.6) is 0 Å². The van der Waals surface area contributed by atoms with E-state index in [1.807, 2.05) is 0 Å². The number of furan rings is 1. The van der Waals surface area contributed by atoms with E-state index < -0.39 is 0 Å². The fourth-order valence-electron chi connectivity index (χ4n) is 9.75. The van der Waals surface area contributed by atoms with Gasteiger partial charge in [-0.2, -0.15) is 0 Å². The Morgan fingerprint density at radius 2 is 1.23 bits per heavy atom. The van der Waals surface area contributed by atoms with E-state index in [1.54, 1.807) is 0 Å². The lowest BCUT2D eigenvalue weighted by atomic mass is 9.42. The lowest BCUT2D eigenvalue weighted by molar-refractivity contribution is 0.631. The first-order chi connectivity index (χ1) is 26.1. The first-order valence-electron chi connectivity index (χ1n) is 18.6. The third-order valence-electron chi connectivity index (χ3n) is 12.2. The molecule has 0 saturated heterocycles. The van der Waals surface area contributed by atoms with Gasteiger partial charge in [0, 0.05) is 38.8 Å². The summed E-state index contributed by atoms with van der Waals surface area (Å²) in [7, 11) is 0. The third kappa shape index (κ3) is 3.80. The van der Waals surface area contributed by atoms with Crippen LogP contribution >= 0.6 is 0 Å². The number of hydrogen-bond acceptors (Lipinski definition) is 3. The summed E-state index contributed by atoms with van der Waals surface area (Å²) in [6.07, 6.45) is 0. The summed E-state index contributed by atoms with van der Waals surface area (Å²) < 4.78 is 7.00. The van der Waals surface area contributed by atoms with Crippen LogP contribution in [0.4, 0.5) is 28.4 Å². The van der Waals surface area contributed by atoms with Crippen LogP contribution in [0.3, 0.4) is 0 Å². The zero-order chi connectivity index (χ0) is 35.0. The number of para-hydroxylation sites is 3. The zero-order valence-electron chi connectivity index (χ0n) is 29.5. The predicted octanol–water partition coefficient (Wildman–Crippen LogP) is 11.8. The highest BCUT2D eigenvalue weighted by Gasteiger charge is 2.50. The van der Waals surface area contributed by atoms with Gasteiger partial charge in [-0.1, -0.05) is 135 Å². The molecule has 0 aliphatic carbocycles. The minimum atomic E-state index is -0.203. The van der Waals surface area contributed by atoms with Gasteiger partial charge in [0.2, 0.25) is 0 Å². The Hall–Kier alpha value is -6.52. The molecule has 3 aliphatic heterocycles. The quantitative estimate of drug-likeness (QED) is 0.170. The van der Waals surface area contributed by atoms with Gasteiger partial charge < -0.3 is 14.1 Å². The van der Waals surface area contributed by atoms with E-state index in [0.29, 0.717) is 0 Å². The molecule has 1 aromatic heterocycles. The Bertz CT molecular complexity index is 3000. The molecule has 53 heavy (non-hydrogen) atoms. The molecule has 4 heterocycles. The van der Waals surface area contributed by atoms with Crippen LogP contribution < -0.4 is 20.6 Å². The number of nitrogens with zero attached hydrogens (tertiary/aromatic N) is 2. The van der Waals surface area contributed by atoms with Crippen LogP contribution in [0.15, 0.2) is 168 Å². The molecule has 12 rings (SSSR count). The fraction of sp³-hybridized carbons (Fsp3) is 0.0612. The highest BCUT2D eigenvalue weighted by atomic mass is 16.3. The lowest BCUT2D eigenvalue weighted by Gasteiger charge is -2.50. The van der Waals surface area contributed by atoms with Gasteiger partial charge in [0.25, 0.3) is 0 Å². The number of anilines is 5. The summed E-state index contributed by atoms with van der Waals surface area (Å²) in [5.74, 6) is 0. The van der Waals surface area contributed by atoms with Crippen molar-refractivity contribution in [2.24, 2.45) is 0 Å². The SMILES string of the molecule is CC1(C)c2ccccc2N2c3c(cccc31)B1c3c(cc4c(oc5ccccc54)c32)-c2cc3ccccc3cc2N1c1ccc(-c2ccccc2)cc1. The Balaban J connectivity index is 1.25. The van der Waals surface area contributed by atoms with E-state index in [-0.39, 0.29) is 12.3 Å². The van der Waals surface area contributed by atoms with Crippen molar-refractivity contribution in [3.05, 3.63) is 175 Å². The van der Waals surface area contributed by atoms with E-state index in [0.717, 1.165) is 33.3 Å². The van der Waals surface area contributed by atoms with Crippen molar-refractivity contribution in [3.8, 4) is 22.3 Å². The number of benzene rings is 8. The Morgan fingerprint density at radius 1 is 0.528 bits per heavy atom. The van der Waals surface area contributed by atoms with E-state index in [2.05, 4.69) is 187 Å². The molecule has 3 aliphatic rings. The monoisotopic (exact) mass is 676 g/mol. The summed E-state index contributed by atoms with van der Waals surface area (Å²) in [5, 5.41) is 4.76. The Labute approximate surface area is 308 Å². The summed E-state index contributed by atoms with van der Waals surface area (Å²) >= 11 is 0. The highest BCUT2D eigenvalue weighted by molar-refractivity contribution is 6.94. The van der Waals surface area contributed by atoms with Gasteiger partial charge in [-0.25, -0.2) is 0 Å². The summed E-state index contributed by atoms with van der Waals surface area (Å²) in [6.45, 7) is 4.66. The molecule has 0 spiro atoms. The molecular formula is C49H33BN2O. The predicted molar refractivity (Wildman–Crippen MR) is 223 cm³/mol. The number of hydrogen-bond donors (Lipinski definition) is 0. The van der Waals surface area contributed by atoms with Gasteiger partial charge in [-0.3, -0.25) is 0 Å². The normalized spacial score (nSPS) is 14.6. The van der Waals surface area contributed by atoms with Gasteiger partial charge in [0.05, 0.1) is 11.4 Å². The fourth-order valence-corrected chi connectivity index (χ4v) is 9.75. The molecule has 0 N–H and O–H groups in total. The van der Waals surface area contributed by atoms with E-state index in [1.165, 1.54) is 72.1 Å². The van der Waals surface area contributed by atoms with Gasteiger partial charge in [0.1, 0.15) is 5.58 Å². The molecule has 0 amide bonds. The first kappa shape index (κ1) is 29.1. The average molecular weight is 677 g/mol. The van der Waals surface area contributed by atoms with Crippen molar-refractivity contribution in [2.45, 2.75) is 19.3 Å². The second-order valence-electron chi connectivity index (χ2n) is 15.3. The molecule has 0 fully saturated rings. The van der Waals surface area contributed by atoms with Crippen LogP contribution in [-0.4, -0.2) is 6.85 Å². The van der Waals surface area contributed by atoms with Crippen LogP contribution in [0, 0.1) is 0 Å². The minimum absolute atomic E-state index is 0.0962. The smallest absolute Gasteiger partial charge is 0.333 e. The molecule has 0 saturated carbocycles. The van der Waals surface area contributed by atoms with E-state index in [4.69, 9.17) is 4.42 Å². The molecule has 9 aromatic rings. The second kappa shape index (κ2) is 10.3. The highest BCUT2D eigenvalue weighted by Crippen LogP contribution is 2.57. The van der Waals surface area contributed by atoms with Crippen LogP contribution in [0.1, 0.15) is 25.0 Å².